The van der Waals surface area contributed by atoms with Crippen molar-refractivity contribution in [1.82, 2.24) is 9.97 Å². The number of fused-ring (bicyclic) bond motifs is 1. The van der Waals surface area contributed by atoms with Crippen LogP contribution >= 0.6 is 23.1 Å². The first-order chi connectivity index (χ1) is 6.92. The van der Waals surface area contributed by atoms with Gasteiger partial charge < -0.3 is 0 Å². The van der Waals surface area contributed by atoms with Crippen molar-refractivity contribution >= 4 is 33.4 Å². The Bertz CT molecular complexity index is 415. The number of nitrogens with zero attached hydrogens (tertiary/aromatic N) is 2. The number of aromatic nitrogens is 2. The third-order valence-electron chi connectivity index (χ3n) is 2.28. The summed E-state index contributed by atoms with van der Waals surface area (Å²) in [6.45, 7) is 0. The molecule has 2 aromatic heterocycles. The SMILES string of the molecule is c1cnc2nc(SCC3CC3)sc2c1. The molecule has 0 aliphatic heterocycles. The summed E-state index contributed by atoms with van der Waals surface area (Å²) >= 11 is 3.64. The fourth-order valence-corrected chi connectivity index (χ4v) is 3.51. The first-order valence-corrected chi connectivity index (χ1v) is 6.56. The Balaban J connectivity index is 1.82. The van der Waals surface area contributed by atoms with E-state index in [1.54, 1.807) is 17.5 Å². The fraction of sp³-hybridized carbons (Fsp3) is 0.400. The Kier molecular flexibility index (Phi) is 2.18. The number of thioether (sulfide) groups is 1. The van der Waals surface area contributed by atoms with Crippen LogP contribution in [0.5, 0.6) is 0 Å². The van der Waals surface area contributed by atoms with Gasteiger partial charge in [0, 0.05) is 11.9 Å². The molecule has 2 aromatic rings. The molecule has 3 rings (SSSR count). The maximum atomic E-state index is 4.48. The molecule has 0 bridgehead atoms. The average Bonchev–Trinajstić information content (AvgIpc) is 2.94. The van der Waals surface area contributed by atoms with Gasteiger partial charge in [-0.1, -0.05) is 11.8 Å². The quantitative estimate of drug-likeness (QED) is 0.746. The molecular weight excluding hydrogens is 212 g/mol. The molecule has 1 fully saturated rings. The van der Waals surface area contributed by atoms with Crippen LogP contribution in [-0.4, -0.2) is 15.7 Å². The average molecular weight is 222 g/mol. The van der Waals surface area contributed by atoms with Crippen LogP contribution in [0.15, 0.2) is 22.7 Å². The second-order valence-corrected chi connectivity index (χ2v) is 5.86. The standard InChI is InChI=1S/C10H10N2S2/c1-2-8-9(11-5-1)12-10(14-8)13-6-7-3-4-7/h1-2,5,7H,3-4,6H2. The number of rotatable bonds is 3. The molecule has 1 aliphatic rings. The molecule has 0 unspecified atom stereocenters. The minimum absolute atomic E-state index is 0.899. The van der Waals surface area contributed by atoms with Gasteiger partial charge in [0.15, 0.2) is 9.99 Å². The van der Waals surface area contributed by atoms with Crippen molar-refractivity contribution in [1.29, 1.82) is 0 Å². The third-order valence-corrected chi connectivity index (χ3v) is 4.67. The molecule has 0 N–H and O–H groups in total. The highest BCUT2D eigenvalue weighted by atomic mass is 32.2. The van der Waals surface area contributed by atoms with Gasteiger partial charge in [-0.2, -0.15) is 0 Å². The van der Waals surface area contributed by atoms with Gasteiger partial charge in [0.2, 0.25) is 0 Å². The van der Waals surface area contributed by atoms with Gasteiger partial charge in [-0.3, -0.25) is 0 Å². The first kappa shape index (κ1) is 8.68. The van der Waals surface area contributed by atoms with Crippen LogP contribution in [0.3, 0.4) is 0 Å². The molecule has 2 heterocycles. The molecule has 0 atom stereocenters. The summed E-state index contributed by atoms with van der Waals surface area (Å²) in [5, 5.41) is 0. The summed E-state index contributed by atoms with van der Waals surface area (Å²) in [6, 6.07) is 4.05. The van der Waals surface area contributed by atoms with E-state index in [2.05, 4.69) is 16.0 Å². The van der Waals surface area contributed by atoms with E-state index in [4.69, 9.17) is 0 Å². The molecule has 0 amide bonds. The zero-order valence-electron chi connectivity index (χ0n) is 7.64. The maximum Gasteiger partial charge on any atom is 0.171 e. The van der Waals surface area contributed by atoms with Crippen molar-refractivity contribution < 1.29 is 0 Å². The molecule has 72 valence electrons. The Hall–Kier alpha value is -0.610. The lowest BCUT2D eigenvalue weighted by Gasteiger charge is -1.91. The van der Waals surface area contributed by atoms with Gasteiger partial charge in [-0.05, 0) is 30.9 Å². The molecule has 1 saturated carbocycles. The van der Waals surface area contributed by atoms with E-state index in [9.17, 15) is 0 Å². The summed E-state index contributed by atoms with van der Waals surface area (Å²) in [5.74, 6) is 2.19. The zero-order valence-corrected chi connectivity index (χ0v) is 9.27. The van der Waals surface area contributed by atoms with Gasteiger partial charge >= 0.3 is 0 Å². The smallest absolute Gasteiger partial charge is 0.171 e. The molecule has 0 aromatic carbocycles. The predicted molar refractivity (Wildman–Crippen MR) is 60.9 cm³/mol. The van der Waals surface area contributed by atoms with Crippen molar-refractivity contribution in [3.8, 4) is 0 Å². The summed E-state index contributed by atoms with van der Waals surface area (Å²) < 4.78 is 2.37. The highest BCUT2D eigenvalue weighted by Crippen LogP contribution is 2.37. The largest absolute Gasteiger partial charge is 0.236 e. The molecule has 0 saturated heterocycles. The van der Waals surface area contributed by atoms with Crippen LogP contribution in [0.2, 0.25) is 0 Å². The topological polar surface area (TPSA) is 25.8 Å². The Morgan fingerprint density at radius 2 is 2.43 bits per heavy atom. The van der Waals surface area contributed by atoms with Crippen molar-refractivity contribution in [2.75, 3.05) is 5.75 Å². The van der Waals surface area contributed by atoms with Crippen LogP contribution in [0.4, 0.5) is 0 Å². The molecule has 2 nitrogen and oxygen atoms in total. The fourth-order valence-electron chi connectivity index (χ4n) is 1.28. The van der Waals surface area contributed by atoms with Crippen molar-refractivity contribution in [2.24, 2.45) is 5.92 Å². The maximum absolute atomic E-state index is 4.48. The lowest BCUT2D eigenvalue weighted by atomic mass is 10.5. The highest BCUT2D eigenvalue weighted by molar-refractivity contribution is 8.01. The van der Waals surface area contributed by atoms with Crippen LogP contribution in [-0.2, 0) is 0 Å². The minimum atomic E-state index is 0.899. The van der Waals surface area contributed by atoms with Crippen molar-refractivity contribution in [2.45, 2.75) is 17.2 Å². The van der Waals surface area contributed by atoms with Crippen LogP contribution < -0.4 is 0 Å². The highest BCUT2D eigenvalue weighted by Gasteiger charge is 2.21. The van der Waals surface area contributed by atoms with Gasteiger partial charge in [-0.25, -0.2) is 9.97 Å². The second-order valence-electron chi connectivity index (χ2n) is 3.56. The predicted octanol–water partition coefficient (Wildman–Crippen LogP) is 3.19. The minimum Gasteiger partial charge on any atom is -0.236 e. The van der Waals surface area contributed by atoms with E-state index in [1.165, 1.54) is 27.6 Å². The Morgan fingerprint density at radius 1 is 1.50 bits per heavy atom. The van der Waals surface area contributed by atoms with Gasteiger partial charge in [-0.15, -0.1) is 11.3 Å². The van der Waals surface area contributed by atoms with Crippen LogP contribution in [0.1, 0.15) is 12.8 Å². The summed E-state index contributed by atoms with van der Waals surface area (Å²) in [6.07, 6.45) is 4.63. The van der Waals surface area contributed by atoms with Gasteiger partial charge in [0.05, 0.1) is 4.70 Å². The first-order valence-electron chi connectivity index (χ1n) is 4.76. The summed E-state index contributed by atoms with van der Waals surface area (Å²) in [5.41, 5.74) is 0.899. The lowest BCUT2D eigenvalue weighted by molar-refractivity contribution is 0.998. The Morgan fingerprint density at radius 3 is 3.21 bits per heavy atom. The third kappa shape index (κ3) is 1.77. The van der Waals surface area contributed by atoms with Gasteiger partial charge in [0.25, 0.3) is 0 Å². The molecule has 4 heteroatoms. The van der Waals surface area contributed by atoms with E-state index in [0.29, 0.717) is 0 Å². The van der Waals surface area contributed by atoms with E-state index in [0.717, 1.165) is 11.6 Å². The van der Waals surface area contributed by atoms with Crippen molar-refractivity contribution in [3.05, 3.63) is 18.3 Å². The lowest BCUT2D eigenvalue weighted by Crippen LogP contribution is -1.79. The van der Waals surface area contributed by atoms with Crippen LogP contribution in [0.25, 0.3) is 10.3 Å². The zero-order chi connectivity index (χ0) is 9.38. The van der Waals surface area contributed by atoms with E-state index in [-0.39, 0.29) is 0 Å². The van der Waals surface area contributed by atoms with E-state index >= 15 is 0 Å². The second kappa shape index (κ2) is 3.51. The molecule has 0 spiro atoms. The molecule has 0 radical (unpaired) electrons. The normalized spacial score (nSPS) is 16.3. The number of hydrogen-bond acceptors (Lipinski definition) is 4. The molecule has 14 heavy (non-hydrogen) atoms. The summed E-state index contributed by atoms with van der Waals surface area (Å²) in [4.78, 5) is 8.71. The van der Waals surface area contributed by atoms with E-state index < -0.39 is 0 Å². The summed E-state index contributed by atoms with van der Waals surface area (Å²) in [7, 11) is 0. The number of thiazole rings is 1. The number of hydrogen-bond donors (Lipinski definition) is 0. The Labute approximate surface area is 90.8 Å². The van der Waals surface area contributed by atoms with E-state index in [1.807, 2.05) is 17.8 Å². The van der Waals surface area contributed by atoms with Gasteiger partial charge in [0.1, 0.15) is 0 Å². The van der Waals surface area contributed by atoms with Crippen molar-refractivity contribution in [3.63, 3.8) is 0 Å². The molecular formula is C10H10N2S2. The van der Waals surface area contributed by atoms with Crippen LogP contribution in [0, 0.1) is 5.92 Å². The molecule has 1 aliphatic carbocycles. The monoisotopic (exact) mass is 222 g/mol. The number of pyridine rings is 1.